The van der Waals surface area contributed by atoms with E-state index in [1.165, 1.54) is 5.56 Å². The molecule has 0 saturated heterocycles. The Morgan fingerprint density at radius 3 is 2.20 bits per heavy atom. The van der Waals surface area contributed by atoms with Gasteiger partial charge in [-0.15, -0.1) is 0 Å². The van der Waals surface area contributed by atoms with E-state index in [0.29, 0.717) is 5.69 Å². The number of aromatic nitrogens is 2. The summed E-state index contributed by atoms with van der Waals surface area (Å²) in [6.07, 6.45) is 0. The lowest BCUT2D eigenvalue weighted by molar-refractivity contribution is 0.478. The summed E-state index contributed by atoms with van der Waals surface area (Å²) in [7, 11) is 1.85. The van der Waals surface area contributed by atoms with Crippen LogP contribution in [0.25, 0.3) is 22.5 Å². The van der Waals surface area contributed by atoms with Crippen LogP contribution >= 0.6 is 0 Å². The summed E-state index contributed by atoms with van der Waals surface area (Å²) < 4.78 is 1.72. The highest BCUT2D eigenvalue weighted by Crippen LogP contribution is 2.37. The zero-order valence-electron chi connectivity index (χ0n) is 11.5. The Hall–Kier alpha value is -2.55. The first-order valence-corrected chi connectivity index (χ1v) is 6.55. The van der Waals surface area contributed by atoms with Gasteiger partial charge in [-0.2, -0.15) is 5.10 Å². The van der Waals surface area contributed by atoms with E-state index in [2.05, 4.69) is 5.10 Å². The molecule has 0 saturated carbocycles. The monoisotopic (exact) mass is 264 g/mol. The van der Waals surface area contributed by atoms with Crippen LogP contribution < -0.4 is 0 Å². The normalized spacial score (nSPS) is 10.7. The first-order chi connectivity index (χ1) is 9.66. The molecule has 0 aliphatic carbocycles. The van der Waals surface area contributed by atoms with E-state index in [1.807, 2.05) is 68.6 Å². The predicted molar refractivity (Wildman–Crippen MR) is 80.5 cm³/mol. The Labute approximate surface area is 118 Å². The van der Waals surface area contributed by atoms with E-state index in [4.69, 9.17) is 0 Å². The van der Waals surface area contributed by atoms with Gasteiger partial charge in [0, 0.05) is 18.2 Å². The highest BCUT2D eigenvalue weighted by atomic mass is 16.3. The molecule has 0 aliphatic heterocycles. The number of rotatable bonds is 2. The molecule has 0 spiro atoms. The lowest BCUT2D eigenvalue weighted by atomic mass is 10.1. The van der Waals surface area contributed by atoms with Crippen molar-refractivity contribution in [1.82, 2.24) is 9.78 Å². The van der Waals surface area contributed by atoms with Crippen molar-refractivity contribution < 1.29 is 5.11 Å². The van der Waals surface area contributed by atoms with Gasteiger partial charge in [-0.05, 0) is 6.92 Å². The van der Waals surface area contributed by atoms with E-state index in [-0.39, 0.29) is 5.75 Å². The van der Waals surface area contributed by atoms with E-state index < -0.39 is 0 Å². The van der Waals surface area contributed by atoms with Gasteiger partial charge in [-0.3, -0.25) is 4.68 Å². The number of aromatic hydroxyl groups is 1. The minimum absolute atomic E-state index is 0.225. The number of aryl methyl sites for hydroxylation is 2. The highest BCUT2D eigenvalue weighted by molar-refractivity contribution is 5.77. The molecule has 0 atom stereocenters. The van der Waals surface area contributed by atoms with Crippen molar-refractivity contribution in [1.29, 1.82) is 0 Å². The summed E-state index contributed by atoms with van der Waals surface area (Å²) in [5.74, 6) is 0.225. The second kappa shape index (κ2) is 4.85. The average molecular weight is 264 g/mol. The van der Waals surface area contributed by atoms with Crippen molar-refractivity contribution in [2.24, 2.45) is 7.05 Å². The maximum atomic E-state index is 10.5. The van der Waals surface area contributed by atoms with Crippen LogP contribution in [0.2, 0.25) is 0 Å². The topological polar surface area (TPSA) is 38.0 Å². The van der Waals surface area contributed by atoms with Crippen molar-refractivity contribution in [2.45, 2.75) is 6.92 Å². The van der Waals surface area contributed by atoms with Gasteiger partial charge in [0.15, 0.2) is 5.75 Å². The zero-order chi connectivity index (χ0) is 14.1. The molecule has 100 valence electrons. The Morgan fingerprint density at radius 1 is 0.900 bits per heavy atom. The summed E-state index contributed by atoms with van der Waals surface area (Å²) in [6.45, 7) is 2.04. The third-order valence-electron chi connectivity index (χ3n) is 3.39. The maximum absolute atomic E-state index is 10.5. The lowest BCUT2D eigenvalue weighted by Gasteiger charge is -2.02. The van der Waals surface area contributed by atoms with E-state index in [9.17, 15) is 5.11 Å². The molecule has 1 N–H and O–H groups in total. The number of hydrogen-bond acceptors (Lipinski definition) is 2. The van der Waals surface area contributed by atoms with E-state index >= 15 is 0 Å². The minimum Gasteiger partial charge on any atom is -0.504 e. The molecule has 0 bridgehead atoms. The Bertz CT molecular complexity index is 728. The molecule has 0 radical (unpaired) electrons. The molecule has 3 heteroatoms. The zero-order valence-corrected chi connectivity index (χ0v) is 11.5. The summed E-state index contributed by atoms with van der Waals surface area (Å²) >= 11 is 0. The highest BCUT2D eigenvalue weighted by Gasteiger charge is 2.17. The standard InChI is InChI=1S/C17H16N2O/c1-12-8-10-13(11-9-12)15-17(20)16(19(2)18-15)14-6-4-3-5-7-14/h3-11,20H,1-2H3. The molecule has 0 aliphatic rings. The fraction of sp³-hybridized carbons (Fsp3) is 0.118. The van der Waals surface area contributed by atoms with Gasteiger partial charge in [0.2, 0.25) is 0 Å². The van der Waals surface area contributed by atoms with Crippen LogP contribution in [0.1, 0.15) is 5.56 Å². The van der Waals surface area contributed by atoms with Gasteiger partial charge in [0.25, 0.3) is 0 Å². The Morgan fingerprint density at radius 2 is 1.55 bits per heavy atom. The maximum Gasteiger partial charge on any atom is 0.169 e. The molecule has 1 heterocycles. The fourth-order valence-electron chi connectivity index (χ4n) is 2.34. The molecular formula is C17H16N2O. The fourth-order valence-corrected chi connectivity index (χ4v) is 2.34. The molecular weight excluding hydrogens is 248 g/mol. The van der Waals surface area contributed by atoms with Crippen LogP contribution in [0.3, 0.4) is 0 Å². The number of nitrogens with zero attached hydrogens (tertiary/aromatic N) is 2. The van der Waals surface area contributed by atoms with Crippen LogP contribution in [0.4, 0.5) is 0 Å². The summed E-state index contributed by atoms with van der Waals surface area (Å²) in [5, 5.41) is 15.0. The van der Waals surface area contributed by atoms with Gasteiger partial charge < -0.3 is 5.11 Å². The van der Waals surface area contributed by atoms with Gasteiger partial charge in [-0.25, -0.2) is 0 Å². The number of benzene rings is 2. The van der Waals surface area contributed by atoms with Gasteiger partial charge in [0.1, 0.15) is 11.4 Å². The van der Waals surface area contributed by atoms with Gasteiger partial charge >= 0.3 is 0 Å². The molecule has 2 aromatic carbocycles. The van der Waals surface area contributed by atoms with Crippen LogP contribution in [-0.2, 0) is 7.05 Å². The smallest absolute Gasteiger partial charge is 0.169 e. The first-order valence-electron chi connectivity index (χ1n) is 6.55. The van der Waals surface area contributed by atoms with Crippen LogP contribution in [0, 0.1) is 6.92 Å². The lowest BCUT2D eigenvalue weighted by Crippen LogP contribution is -1.93. The molecule has 1 aromatic heterocycles. The molecule has 0 amide bonds. The van der Waals surface area contributed by atoms with Crippen molar-refractivity contribution in [2.75, 3.05) is 0 Å². The summed E-state index contributed by atoms with van der Waals surface area (Å²) in [6, 6.07) is 17.8. The summed E-state index contributed by atoms with van der Waals surface area (Å²) in [4.78, 5) is 0. The molecule has 20 heavy (non-hydrogen) atoms. The SMILES string of the molecule is Cc1ccc(-c2nn(C)c(-c3ccccc3)c2O)cc1. The van der Waals surface area contributed by atoms with Crippen molar-refractivity contribution >= 4 is 0 Å². The van der Waals surface area contributed by atoms with Crippen molar-refractivity contribution in [3.05, 3.63) is 60.2 Å². The first kappa shape index (κ1) is 12.5. The predicted octanol–water partition coefficient (Wildman–Crippen LogP) is 3.77. The molecule has 0 fully saturated rings. The van der Waals surface area contributed by atoms with E-state index in [1.54, 1.807) is 4.68 Å². The third-order valence-corrected chi connectivity index (χ3v) is 3.39. The minimum atomic E-state index is 0.225. The molecule has 3 aromatic rings. The van der Waals surface area contributed by atoms with Gasteiger partial charge in [0.05, 0.1) is 0 Å². The van der Waals surface area contributed by atoms with Crippen molar-refractivity contribution in [3.63, 3.8) is 0 Å². The average Bonchev–Trinajstić information content (AvgIpc) is 2.76. The Balaban J connectivity index is 2.14. The largest absolute Gasteiger partial charge is 0.504 e. The van der Waals surface area contributed by atoms with Crippen LogP contribution in [-0.4, -0.2) is 14.9 Å². The van der Waals surface area contributed by atoms with Gasteiger partial charge in [-0.1, -0.05) is 60.2 Å². The van der Waals surface area contributed by atoms with E-state index in [0.717, 1.165) is 16.8 Å². The third kappa shape index (κ3) is 2.07. The second-order valence-electron chi connectivity index (χ2n) is 4.90. The number of hydrogen-bond donors (Lipinski definition) is 1. The molecule has 3 nitrogen and oxygen atoms in total. The second-order valence-corrected chi connectivity index (χ2v) is 4.90. The molecule has 0 unspecified atom stereocenters. The quantitative estimate of drug-likeness (QED) is 0.765. The summed E-state index contributed by atoms with van der Waals surface area (Å²) in [5.41, 5.74) is 4.42. The van der Waals surface area contributed by atoms with Crippen LogP contribution in [0.5, 0.6) is 5.75 Å². The molecule has 3 rings (SSSR count). The van der Waals surface area contributed by atoms with Crippen LogP contribution in [0.15, 0.2) is 54.6 Å². The Kier molecular flexibility index (Phi) is 3.03. The van der Waals surface area contributed by atoms with Crippen molar-refractivity contribution in [3.8, 4) is 28.3 Å².